The Balaban J connectivity index is 1.51. The summed E-state index contributed by atoms with van der Waals surface area (Å²) in [6, 6.07) is 11.5. The predicted molar refractivity (Wildman–Crippen MR) is 180 cm³/mol. The number of nitrogens with zero attached hydrogens (tertiary/aromatic N) is 6. The van der Waals surface area contributed by atoms with Gasteiger partial charge in [0.25, 0.3) is 16.1 Å². The number of nitrogens with one attached hydrogen (secondary N) is 2. The molecule has 5 aromatic rings. The Morgan fingerprint density at radius 3 is 2.53 bits per heavy atom. The van der Waals surface area contributed by atoms with E-state index in [-0.39, 0.29) is 21.4 Å². The first-order valence-electron chi connectivity index (χ1n) is 14.9. The van der Waals surface area contributed by atoms with Crippen molar-refractivity contribution >= 4 is 37.9 Å². The maximum absolute atomic E-state index is 14.2. The zero-order chi connectivity index (χ0) is 33.7. The van der Waals surface area contributed by atoms with Crippen LogP contribution < -0.4 is 10.6 Å². The fourth-order valence-electron chi connectivity index (χ4n) is 5.99. The third-order valence-corrected chi connectivity index (χ3v) is 10.3. The molecule has 6 rings (SSSR count). The van der Waals surface area contributed by atoms with E-state index in [2.05, 4.69) is 15.6 Å². The summed E-state index contributed by atoms with van der Waals surface area (Å²) in [6.07, 6.45) is 8.75. The number of hydrogen-bond acceptors (Lipinski definition) is 9. The Kier molecular flexibility index (Phi) is 8.20. The lowest BCUT2D eigenvalue weighted by Crippen LogP contribution is -2.56. The Bertz CT molecular complexity index is 2190. The van der Waals surface area contributed by atoms with Crippen LogP contribution >= 0.6 is 0 Å². The van der Waals surface area contributed by atoms with Crippen LogP contribution in [0.4, 0.5) is 10.3 Å². The maximum atomic E-state index is 14.2. The number of halogens is 1. The molecule has 0 saturated heterocycles. The van der Waals surface area contributed by atoms with Crippen molar-refractivity contribution < 1.29 is 17.7 Å². The number of nitro groups is 1. The molecule has 244 valence electrons. The van der Waals surface area contributed by atoms with Gasteiger partial charge in [-0.2, -0.15) is 4.98 Å². The van der Waals surface area contributed by atoms with E-state index >= 15 is 0 Å². The lowest BCUT2D eigenvalue weighted by molar-refractivity contribution is -0.519. The van der Waals surface area contributed by atoms with Crippen molar-refractivity contribution in [3.8, 4) is 11.3 Å². The van der Waals surface area contributed by atoms with E-state index in [9.17, 15) is 22.9 Å². The number of aryl methyl sites for hydroxylation is 2. The van der Waals surface area contributed by atoms with Crippen LogP contribution in [0.15, 0.2) is 89.7 Å². The monoisotopic (exact) mass is 658 g/mol. The highest BCUT2D eigenvalue weighted by molar-refractivity contribution is 7.90. The van der Waals surface area contributed by atoms with Crippen LogP contribution in [0.5, 0.6) is 0 Å². The molecule has 0 saturated carbocycles. The van der Waals surface area contributed by atoms with Crippen LogP contribution in [-0.4, -0.2) is 76.0 Å². The Hall–Kier alpha value is -4.92. The molecule has 0 bridgehead atoms. The molecule has 2 N–H and O–H groups in total. The molecule has 2 unspecified atom stereocenters. The fraction of sp³-hybridized carbons (Fsp3) is 0.273. The second kappa shape index (κ2) is 12.0. The number of benzene rings is 2. The van der Waals surface area contributed by atoms with E-state index in [1.165, 1.54) is 36.5 Å². The lowest BCUT2D eigenvalue weighted by Gasteiger charge is -2.35. The summed E-state index contributed by atoms with van der Waals surface area (Å²) >= 11 is 0. The summed E-state index contributed by atoms with van der Waals surface area (Å²) in [4.78, 5) is 23.5. The second-order valence-corrected chi connectivity index (χ2v) is 13.8. The minimum absolute atomic E-state index is 0.0360. The summed E-state index contributed by atoms with van der Waals surface area (Å²) in [7, 11) is 3.24. The van der Waals surface area contributed by atoms with E-state index in [1.807, 2.05) is 25.9 Å². The zero-order valence-electron chi connectivity index (χ0n) is 26.6. The number of aromatic nitrogens is 4. The van der Waals surface area contributed by atoms with Crippen LogP contribution in [-0.2, 0) is 17.1 Å². The molecule has 2 aromatic carbocycles. The summed E-state index contributed by atoms with van der Waals surface area (Å²) in [5.41, 5.74) is 2.15. The summed E-state index contributed by atoms with van der Waals surface area (Å²) in [6.45, 7) is 2.49. The lowest BCUT2D eigenvalue weighted by atomic mass is 9.82. The Morgan fingerprint density at radius 2 is 1.85 bits per heavy atom. The number of likely N-dealkylation sites (N-methyl/N-ethyl adjacent to an activating group) is 1. The first-order chi connectivity index (χ1) is 22.3. The molecule has 12 nitrogen and oxygen atoms in total. The number of fused-ring (bicyclic) bond motifs is 2. The van der Waals surface area contributed by atoms with Crippen LogP contribution in [0.1, 0.15) is 12.0 Å². The van der Waals surface area contributed by atoms with Gasteiger partial charge in [0.15, 0.2) is 5.65 Å². The van der Waals surface area contributed by atoms with Crippen molar-refractivity contribution in [1.82, 2.24) is 28.7 Å². The van der Waals surface area contributed by atoms with Gasteiger partial charge >= 0.3 is 0 Å². The Labute approximate surface area is 271 Å². The van der Waals surface area contributed by atoms with Gasteiger partial charge in [0, 0.05) is 52.5 Å². The topological polar surface area (TPSA) is 140 Å². The first kappa shape index (κ1) is 32.0. The number of anilines is 1. The van der Waals surface area contributed by atoms with Crippen LogP contribution in [0.25, 0.3) is 33.2 Å². The van der Waals surface area contributed by atoms with Gasteiger partial charge in [0.05, 0.1) is 16.1 Å². The molecule has 0 radical (unpaired) electrons. The van der Waals surface area contributed by atoms with Gasteiger partial charge in [-0.25, -0.2) is 21.8 Å². The van der Waals surface area contributed by atoms with Gasteiger partial charge in [0.1, 0.15) is 11.4 Å². The second-order valence-electron chi connectivity index (χ2n) is 12.0. The molecule has 14 heteroatoms. The van der Waals surface area contributed by atoms with E-state index in [0.29, 0.717) is 46.2 Å². The standard InChI is InChI=1S/C33H35FN8O4S/c1-21-6-9-24(10-7-21)47(45,46)41-16-13-26-30(27-20-40(5)28-18-22(34)8-11-25(27)28)37-32(38-31(26)41)36-23-12-14-33(35-2,15-17-39(3)4)29(19-23)42(43)44/h6-14,16,18-20,29,35H,15,17H2,1-5H3,(H,36,37,38). The van der Waals surface area contributed by atoms with Crippen molar-refractivity contribution in [2.75, 3.05) is 33.0 Å². The molecule has 3 aromatic heterocycles. The molecule has 0 spiro atoms. The molecule has 2 atom stereocenters. The van der Waals surface area contributed by atoms with Gasteiger partial charge in [-0.05, 0) is 83.5 Å². The van der Waals surface area contributed by atoms with Crippen molar-refractivity contribution in [1.29, 1.82) is 0 Å². The number of hydrogen-bond donors (Lipinski definition) is 2. The molecular formula is C33H35FN8O4S. The molecular weight excluding hydrogens is 623 g/mol. The molecule has 0 amide bonds. The first-order valence-corrected chi connectivity index (χ1v) is 16.4. The average molecular weight is 659 g/mol. The predicted octanol–water partition coefficient (Wildman–Crippen LogP) is 4.70. The van der Waals surface area contributed by atoms with Gasteiger partial charge in [-0.15, -0.1) is 0 Å². The minimum atomic E-state index is -4.07. The largest absolute Gasteiger partial charge is 0.350 e. The zero-order valence-corrected chi connectivity index (χ0v) is 27.4. The number of rotatable bonds is 10. The highest BCUT2D eigenvalue weighted by Gasteiger charge is 2.44. The quantitative estimate of drug-likeness (QED) is 0.162. The summed E-state index contributed by atoms with van der Waals surface area (Å²) in [5.74, 6) is -0.357. The van der Waals surface area contributed by atoms with Crippen LogP contribution in [0.2, 0.25) is 0 Å². The van der Waals surface area contributed by atoms with Gasteiger partial charge in [0.2, 0.25) is 5.95 Å². The van der Waals surface area contributed by atoms with Gasteiger partial charge in [-0.3, -0.25) is 10.1 Å². The molecule has 3 heterocycles. The molecule has 0 aliphatic heterocycles. The van der Waals surface area contributed by atoms with E-state index < -0.39 is 27.4 Å². The highest BCUT2D eigenvalue weighted by atomic mass is 32.2. The van der Waals surface area contributed by atoms with Crippen LogP contribution in [0, 0.1) is 22.9 Å². The van der Waals surface area contributed by atoms with E-state index in [0.717, 1.165) is 9.54 Å². The third kappa shape index (κ3) is 5.79. The smallest absolute Gasteiger partial charge is 0.269 e. The van der Waals surface area contributed by atoms with E-state index in [4.69, 9.17) is 4.98 Å². The van der Waals surface area contributed by atoms with E-state index in [1.54, 1.807) is 61.3 Å². The van der Waals surface area contributed by atoms with Crippen molar-refractivity contribution in [3.63, 3.8) is 0 Å². The summed E-state index contributed by atoms with van der Waals surface area (Å²) < 4.78 is 44.8. The molecule has 0 fully saturated rings. The van der Waals surface area contributed by atoms with Crippen LogP contribution in [0.3, 0.4) is 0 Å². The minimum Gasteiger partial charge on any atom is -0.350 e. The maximum Gasteiger partial charge on any atom is 0.269 e. The molecule has 47 heavy (non-hydrogen) atoms. The van der Waals surface area contributed by atoms with Gasteiger partial charge in [-0.1, -0.05) is 23.8 Å². The highest BCUT2D eigenvalue weighted by Crippen LogP contribution is 2.36. The van der Waals surface area contributed by atoms with Crippen molar-refractivity contribution in [3.05, 3.63) is 106 Å². The van der Waals surface area contributed by atoms with Gasteiger partial charge < -0.3 is 20.1 Å². The fourth-order valence-corrected chi connectivity index (χ4v) is 7.28. The molecule has 1 aliphatic rings. The van der Waals surface area contributed by atoms with Crippen molar-refractivity contribution in [2.45, 2.75) is 29.8 Å². The number of allylic oxidation sites excluding steroid dienone is 1. The SMILES string of the molecule is CNC1(CCN(C)C)C=CC(Nc2nc(-c3cn(C)c4cc(F)ccc34)c3ccn(S(=O)(=O)c4ccc(C)cc4)c3n2)=CC1[N+](=O)[O-]. The normalized spacial score (nSPS) is 18.3. The summed E-state index contributed by atoms with van der Waals surface area (Å²) in [5, 5.41) is 19.7. The third-order valence-electron chi connectivity index (χ3n) is 8.64. The molecule has 1 aliphatic carbocycles. The Morgan fingerprint density at radius 1 is 1.11 bits per heavy atom. The van der Waals surface area contributed by atoms with Crippen molar-refractivity contribution in [2.24, 2.45) is 7.05 Å². The average Bonchev–Trinajstić information content (AvgIpc) is 3.61.